The average molecular weight is 247 g/mol. The lowest BCUT2D eigenvalue weighted by atomic mass is 10.1. The van der Waals surface area contributed by atoms with E-state index in [1.165, 1.54) is 0 Å². The van der Waals surface area contributed by atoms with Crippen LogP contribution in [0.15, 0.2) is 35.3 Å². The van der Waals surface area contributed by atoms with Crippen LogP contribution in [-0.2, 0) is 20.9 Å². The summed E-state index contributed by atoms with van der Waals surface area (Å²) in [4.78, 5) is 15.7. The van der Waals surface area contributed by atoms with Crippen molar-refractivity contribution in [1.82, 2.24) is 0 Å². The largest absolute Gasteiger partial charge is 0.445 e. The minimum Gasteiger partial charge on any atom is -0.445 e. The second kappa shape index (κ2) is 5.67. The third kappa shape index (κ3) is 3.32. The molecule has 1 heterocycles. The second-order valence-electron chi connectivity index (χ2n) is 4.74. The third-order valence-electron chi connectivity index (χ3n) is 2.62. The van der Waals surface area contributed by atoms with Crippen molar-refractivity contribution in [2.24, 2.45) is 10.9 Å². The number of benzene rings is 1. The van der Waals surface area contributed by atoms with Crippen molar-refractivity contribution in [1.29, 1.82) is 0 Å². The van der Waals surface area contributed by atoms with Gasteiger partial charge in [0.25, 0.3) is 0 Å². The molecule has 4 nitrogen and oxygen atoms in total. The van der Waals surface area contributed by atoms with E-state index in [1.54, 1.807) is 0 Å². The molecule has 0 fully saturated rings. The van der Waals surface area contributed by atoms with E-state index in [1.807, 2.05) is 44.2 Å². The summed E-state index contributed by atoms with van der Waals surface area (Å²) in [6.45, 7) is 4.46. The molecule has 0 N–H and O–H groups in total. The molecule has 0 aliphatic carbocycles. The molecule has 1 atom stereocenters. The number of esters is 1. The molecule has 0 saturated heterocycles. The van der Waals surface area contributed by atoms with E-state index < -0.39 is 6.04 Å². The molecule has 1 aromatic rings. The van der Waals surface area contributed by atoms with Crippen LogP contribution in [-0.4, -0.2) is 18.1 Å². The minimum absolute atomic E-state index is 0.0921. The fourth-order valence-electron chi connectivity index (χ4n) is 1.74. The lowest BCUT2D eigenvalue weighted by Gasteiger charge is -2.04. The van der Waals surface area contributed by atoms with Crippen LogP contribution in [0.5, 0.6) is 0 Å². The predicted molar refractivity (Wildman–Crippen MR) is 68.0 cm³/mol. The van der Waals surface area contributed by atoms with Crippen molar-refractivity contribution in [2.75, 3.05) is 0 Å². The van der Waals surface area contributed by atoms with Gasteiger partial charge in [-0.05, 0) is 17.9 Å². The molecule has 96 valence electrons. The van der Waals surface area contributed by atoms with Gasteiger partial charge in [-0.15, -0.1) is 0 Å². The zero-order valence-electron chi connectivity index (χ0n) is 10.6. The first-order valence-electron chi connectivity index (χ1n) is 6.11. The van der Waals surface area contributed by atoms with Crippen molar-refractivity contribution in [3.05, 3.63) is 35.9 Å². The quantitative estimate of drug-likeness (QED) is 0.768. The Bertz CT molecular complexity index is 440. The molecule has 1 aliphatic rings. The molecular weight excluding hydrogens is 230 g/mol. The number of hydrogen-bond acceptors (Lipinski definition) is 4. The number of aliphatic imine (C=N–C) groups is 1. The minimum atomic E-state index is -0.407. The second-order valence-corrected chi connectivity index (χ2v) is 4.74. The topological polar surface area (TPSA) is 47.9 Å². The Hall–Kier alpha value is -1.84. The first-order valence-corrected chi connectivity index (χ1v) is 6.11. The Morgan fingerprint density at radius 1 is 1.33 bits per heavy atom. The van der Waals surface area contributed by atoms with Gasteiger partial charge in [0, 0.05) is 0 Å². The maximum Gasteiger partial charge on any atom is 0.392 e. The van der Waals surface area contributed by atoms with Crippen LogP contribution in [0, 0.1) is 5.92 Å². The zero-order chi connectivity index (χ0) is 13.0. The molecule has 18 heavy (non-hydrogen) atoms. The Kier molecular flexibility index (Phi) is 3.97. The number of rotatable bonds is 4. The lowest BCUT2D eigenvalue weighted by Crippen LogP contribution is -2.17. The molecule has 2 rings (SSSR count). The highest BCUT2D eigenvalue weighted by atomic mass is 16.7. The zero-order valence-corrected chi connectivity index (χ0v) is 10.6. The first kappa shape index (κ1) is 12.6. The maximum atomic E-state index is 11.5. The Labute approximate surface area is 107 Å². The van der Waals surface area contributed by atoms with Crippen molar-refractivity contribution in [3.63, 3.8) is 0 Å². The van der Waals surface area contributed by atoms with Gasteiger partial charge < -0.3 is 9.47 Å². The van der Waals surface area contributed by atoms with Crippen LogP contribution in [0.25, 0.3) is 0 Å². The van der Waals surface area contributed by atoms with Gasteiger partial charge >= 0.3 is 12.1 Å². The number of ether oxygens (including phenoxy) is 2. The normalized spacial score (nSPS) is 18.7. The molecule has 0 radical (unpaired) electrons. The van der Waals surface area contributed by atoms with Crippen LogP contribution >= 0.6 is 0 Å². The molecule has 1 aromatic carbocycles. The molecule has 0 spiro atoms. The number of carbonyl (C=O) groups is 1. The van der Waals surface area contributed by atoms with Gasteiger partial charge in [0.15, 0.2) is 6.04 Å². The first-order chi connectivity index (χ1) is 8.65. The summed E-state index contributed by atoms with van der Waals surface area (Å²) in [6, 6.07) is 9.29. The van der Waals surface area contributed by atoms with E-state index in [4.69, 9.17) is 9.47 Å². The summed E-state index contributed by atoms with van der Waals surface area (Å²) in [5.41, 5.74) is 1.02. The monoisotopic (exact) mass is 247 g/mol. The molecule has 0 unspecified atom stereocenters. The highest BCUT2D eigenvalue weighted by Crippen LogP contribution is 2.16. The van der Waals surface area contributed by atoms with Gasteiger partial charge in [-0.3, -0.25) is 0 Å². The molecule has 0 aromatic heterocycles. The Morgan fingerprint density at radius 2 is 2.06 bits per heavy atom. The SMILES string of the molecule is CC(C)C[C@H]1N=C(OCc2ccccc2)OC1=O. The van der Waals surface area contributed by atoms with E-state index in [-0.39, 0.29) is 12.1 Å². The summed E-state index contributed by atoms with van der Waals surface area (Å²) >= 11 is 0. The predicted octanol–water partition coefficient (Wildman–Crippen LogP) is 2.53. The average Bonchev–Trinajstić information content (AvgIpc) is 2.68. The van der Waals surface area contributed by atoms with E-state index in [9.17, 15) is 4.79 Å². The number of hydrogen-bond donors (Lipinski definition) is 0. The summed E-state index contributed by atoms with van der Waals surface area (Å²) in [5, 5.41) is 0. The van der Waals surface area contributed by atoms with Gasteiger partial charge in [0.1, 0.15) is 6.61 Å². The third-order valence-corrected chi connectivity index (χ3v) is 2.62. The van der Waals surface area contributed by atoms with E-state index in [2.05, 4.69) is 4.99 Å². The number of cyclic esters (lactones) is 1. The van der Waals surface area contributed by atoms with Gasteiger partial charge in [-0.1, -0.05) is 44.2 Å². The molecule has 1 aliphatic heterocycles. The van der Waals surface area contributed by atoms with Crippen LogP contribution in [0.1, 0.15) is 25.8 Å². The highest BCUT2D eigenvalue weighted by molar-refractivity contribution is 5.93. The van der Waals surface area contributed by atoms with Crippen molar-refractivity contribution < 1.29 is 14.3 Å². The standard InChI is InChI=1S/C14H17NO3/c1-10(2)8-12-13(16)18-14(15-12)17-9-11-6-4-3-5-7-11/h3-7,10,12H,8-9H2,1-2H3/t12-/m1/s1. The van der Waals surface area contributed by atoms with E-state index >= 15 is 0 Å². The van der Waals surface area contributed by atoms with Gasteiger partial charge in [-0.2, -0.15) is 0 Å². The lowest BCUT2D eigenvalue weighted by molar-refractivity contribution is -0.136. The number of nitrogens with zero attached hydrogens (tertiary/aromatic N) is 1. The summed E-state index contributed by atoms with van der Waals surface area (Å²) in [7, 11) is 0. The van der Waals surface area contributed by atoms with Gasteiger partial charge in [-0.25, -0.2) is 9.79 Å². The van der Waals surface area contributed by atoms with Crippen molar-refractivity contribution >= 4 is 12.1 Å². The molecular formula is C14H17NO3. The fourth-order valence-corrected chi connectivity index (χ4v) is 1.74. The molecule has 0 amide bonds. The van der Waals surface area contributed by atoms with Gasteiger partial charge in [0.05, 0.1) is 0 Å². The van der Waals surface area contributed by atoms with Crippen molar-refractivity contribution in [3.8, 4) is 0 Å². The molecule has 0 saturated carbocycles. The Morgan fingerprint density at radius 3 is 2.72 bits per heavy atom. The number of carbonyl (C=O) groups excluding carboxylic acids is 1. The van der Waals surface area contributed by atoms with Crippen LogP contribution in [0.2, 0.25) is 0 Å². The smallest absolute Gasteiger partial charge is 0.392 e. The fraction of sp³-hybridized carbons (Fsp3) is 0.429. The summed E-state index contributed by atoms with van der Waals surface area (Å²) in [6.07, 6.45) is 0.784. The van der Waals surface area contributed by atoms with Crippen LogP contribution in [0.3, 0.4) is 0 Å². The van der Waals surface area contributed by atoms with Crippen LogP contribution in [0.4, 0.5) is 0 Å². The maximum absolute atomic E-state index is 11.5. The van der Waals surface area contributed by atoms with Crippen LogP contribution < -0.4 is 0 Å². The van der Waals surface area contributed by atoms with Gasteiger partial charge in [0.2, 0.25) is 0 Å². The highest BCUT2D eigenvalue weighted by Gasteiger charge is 2.30. The summed E-state index contributed by atoms with van der Waals surface area (Å²) in [5.74, 6) is 0.0894. The molecule has 4 heteroatoms. The van der Waals surface area contributed by atoms with E-state index in [0.717, 1.165) is 5.56 Å². The van der Waals surface area contributed by atoms with E-state index in [0.29, 0.717) is 18.9 Å². The van der Waals surface area contributed by atoms with Crippen molar-refractivity contribution in [2.45, 2.75) is 32.9 Å². The molecule has 0 bridgehead atoms. The summed E-state index contributed by atoms with van der Waals surface area (Å²) < 4.78 is 10.4. The Balaban J connectivity index is 1.89.